The lowest BCUT2D eigenvalue weighted by Gasteiger charge is -2.17. The average Bonchev–Trinajstić information content (AvgIpc) is 2.41. The third-order valence-electron chi connectivity index (χ3n) is 3.20. The SMILES string of the molecule is Nc1cccc2c1CC(c1ccc(Cl)cc1)=NC2=O. The highest BCUT2D eigenvalue weighted by molar-refractivity contribution is 6.30. The number of aliphatic imine (C=N–C) groups is 1. The van der Waals surface area contributed by atoms with E-state index in [-0.39, 0.29) is 5.91 Å². The maximum absolute atomic E-state index is 12.0. The fourth-order valence-electron chi connectivity index (χ4n) is 2.20. The van der Waals surface area contributed by atoms with Gasteiger partial charge in [0.05, 0.1) is 5.71 Å². The standard InChI is InChI=1S/C15H11ClN2O/c16-10-6-4-9(5-7-10)14-8-12-11(15(19)18-14)2-1-3-13(12)17/h1-7H,8,17H2. The van der Waals surface area contributed by atoms with E-state index in [1.807, 2.05) is 12.1 Å². The van der Waals surface area contributed by atoms with Gasteiger partial charge in [-0.2, -0.15) is 0 Å². The molecular weight excluding hydrogens is 260 g/mol. The third-order valence-corrected chi connectivity index (χ3v) is 3.45. The van der Waals surface area contributed by atoms with Crippen molar-refractivity contribution >= 4 is 28.9 Å². The molecule has 94 valence electrons. The topological polar surface area (TPSA) is 55.4 Å². The van der Waals surface area contributed by atoms with E-state index < -0.39 is 0 Å². The molecule has 3 nitrogen and oxygen atoms in total. The van der Waals surface area contributed by atoms with Crippen LogP contribution in [0.15, 0.2) is 47.5 Å². The first-order valence-electron chi connectivity index (χ1n) is 5.90. The highest BCUT2D eigenvalue weighted by Crippen LogP contribution is 2.25. The molecule has 0 radical (unpaired) electrons. The molecule has 2 N–H and O–H groups in total. The smallest absolute Gasteiger partial charge is 0.277 e. The molecular formula is C15H11ClN2O. The minimum Gasteiger partial charge on any atom is -0.398 e. The number of hydrogen-bond acceptors (Lipinski definition) is 2. The van der Waals surface area contributed by atoms with Crippen molar-refractivity contribution < 1.29 is 4.79 Å². The molecule has 1 heterocycles. The molecule has 19 heavy (non-hydrogen) atoms. The van der Waals surface area contributed by atoms with Crippen LogP contribution in [0.3, 0.4) is 0 Å². The zero-order valence-electron chi connectivity index (χ0n) is 10.1. The third kappa shape index (κ3) is 2.13. The first-order valence-corrected chi connectivity index (χ1v) is 6.28. The Kier molecular flexibility index (Phi) is 2.84. The lowest BCUT2D eigenvalue weighted by Crippen LogP contribution is -2.18. The molecule has 0 aromatic heterocycles. The van der Waals surface area contributed by atoms with Crippen molar-refractivity contribution in [2.75, 3.05) is 5.73 Å². The fraction of sp³-hybridized carbons (Fsp3) is 0.0667. The van der Waals surface area contributed by atoms with E-state index in [9.17, 15) is 4.79 Å². The molecule has 2 aromatic rings. The predicted molar refractivity (Wildman–Crippen MR) is 76.9 cm³/mol. The van der Waals surface area contributed by atoms with E-state index in [0.717, 1.165) is 16.8 Å². The van der Waals surface area contributed by atoms with Gasteiger partial charge < -0.3 is 5.73 Å². The van der Waals surface area contributed by atoms with Gasteiger partial charge in [0, 0.05) is 22.7 Å². The number of carbonyl (C=O) groups excluding carboxylic acids is 1. The number of nitrogens with zero attached hydrogens (tertiary/aromatic N) is 1. The van der Waals surface area contributed by atoms with E-state index >= 15 is 0 Å². The molecule has 0 unspecified atom stereocenters. The first kappa shape index (κ1) is 11.9. The van der Waals surface area contributed by atoms with E-state index in [0.29, 0.717) is 22.7 Å². The maximum atomic E-state index is 12.0. The number of fused-ring (bicyclic) bond motifs is 1. The van der Waals surface area contributed by atoms with Gasteiger partial charge in [-0.15, -0.1) is 0 Å². The van der Waals surface area contributed by atoms with Crippen LogP contribution in [0, 0.1) is 0 Å². The monoisotopic (exact) mass is 270 g/mol. The molecule has 3 rings (SSSR count). The molecule has 0 saturated carbocycles. The number of nitrogen functional groups attached to an aromatic ring is 1. The van der Waals surface area contributed by atoms with E-state index in [1.54, 1.807) is 30.3 Å². The summed E-state index contributed by atoms with van der Waals surface area (Å²) in [6, 6.07) is 12.6. The van der Waals surface area contributed by atoms with E-state index in [2.05, 4.69) is 4.99 Å². The van der Waals surface area contributed by atoms with Gasteiger partial charge in [0.15, 0.2) is 0 Å². The van der Waals surface area contributed by atoms with Crippen molar-refractivity contribution in [1.29, 1.82) is 0 Å². The molecule has 0 bridgehead atoms. The van der Waals surface area contributed by atoms with Gasteiger partial charge in [-0.1, -0.05) is 29.8 Å². The van der Waals surface area contributed by atoms with Crippen LogP contribution in [0.5, 0.6) is 0 Å². The summed E-state index contributed by atoms with van der Waals surface area (Å²) in [4.78, 5) is 16.2. The number of rotatable bonds is 1. The zero-order valence-corrected chi connectivity index (χ0v) is 10.8. The van der Waals surface area contributed by atoms with Crippen LogP contribution in [-0.4, -0.2) is 11.6 Å². The van der Waals surface area contributed by atoms with Gasteiger partial charge in [-0.05, 0) is 35.4 Å². The number of anilines is 1. The van der Waals surface area contributed by atoms with Gasteiger partial charge in [0.1, 0.15) is 0 Å². The van der Waals surface area contributed by atoms with Gasteiger partial charge in [0.25, 0.3) is 5.91 Å². The normalized spacial score (nSPS) is 13.9. The Labute approximate surface area is 115 Å². The Bertz CT molecular complexity index is 690. The van der Waals surface area contributed by atoms with Crippen LogP contribution in [0.2, 0.25) is 5.02 Å². The average molecular weight is 271 g/mol. The van der Waals surface area contributed by atoms with Gasteiger partial charge >= 0.3 is 0 Å². The van der Waals surface area contributed by atoms with Crippen LogP contribution >= 0.6 is 11.6 Å². The Morgan fingerprint density at radius 1 is 1.11 bits per heavy atom. The Hall–Kier alpha value is -2.13. The zero-order chi connectivity index (χ0) is 13.4. The molecule has 2 aromatic carbocycles. The van der Waals surface area contributed by atoms with Gasteiger partial charge in [0.2, 0.25) is 0 Å². The molecule has 4 heteroatoms. The van der Waals surface area contributed by atoms with Crippen LogP contribution in [0.4, 0.5) is 5.69 Å². The minimum absolute atomic E-state index is 0.237. The molecule has 1 amide bonds. The van der Waals surface area contributed by atoms with Crippen LogP contribution < -0.4 is 5.73 Å². The maximum Gasteiger partial charge on any atom is 0.277 e. The summed E-state index contributed by atoms with van der Waals surface area (Å²) in [6.07, 6.45) is 0.565. The Morgan fingerprint density at radius 3 is 2.58 bits per heavy atom. The Morgan fingerprint density at radius 2 is 1.84 bits per heavy atom. The van der Waals surface area contributed by atoms with Crippen molar-refractivity contribution in [3.8, 4) is 0 Å². The molecule has 0 atom stereocenters. The minimum atomic E-state index is -0.237. The predicted octanol–water partition coefficient (Wildman–Crippen LogP) is 3.11. The lowest BCUT2D eigenvalue weighted by molar-refractivity contribution is 0.100. The highest BCUT2D eigenvalue weighted by atomic mass is 35.5. The summed E-state index contributed by atoms with van der Waals surface area (Å²) in [7, 11) is 0. The number of hydrogen-bond donors (Lipinski definition) is 1. The number of benzene rings is 2. The summed E-state index contributed by atoms with van der Waals surface area (Å²) in [6.45, 7) is 0. The lowest BCUT2D eigenvalue weighted by atomic mass is 9.93. The quantitative estimate of drug-likeness (QED) is 0.810. The summed E-state index contributed by atoms with van der Waals surface area (Å²) in [5, 5.41) is 0.659. The number of amides is 1. The fourth-order valence-corrected chi connectivity index (χ4v) is 2.33. The van der Waals surface area contributed by atoms with Crippen molar-refractivity contribution in [3.05, 3.63) is 64.2 Å². The molecule has 0 fully saturated rings. The van der Waals surface area contributed by atoms with E-state index in [4.69, 9.17) is 17.3 Å². The van der Waals surface area contributed by atoms with Crippen molar-refractivity contribution in [3.63, 3.8) is 0 Å². The summed E-state index contributed by atoms with van der Waals surface area (Å²) < 4.78 is 0. The number of halogens is 1. The van der Waals surface area contributed by atoms with Crippen molar-refractivity contribution in [2.24, 2.45) is 4.99 Å². The highest BCUT2D eigenvalue weighted by Gasteiger charge is 2.21. The Balaban J connectivity index is 2.06. The first-order chi connectivity index (χ1) is 9.15. The van der Waals surface area contributed by atoms with Gasteiger partial charge in [-0.25, -0.2) is 4.99 Å². The second kappa shape index (κ2) is 4.52. The molecule has 1 aliphatic heterocycles. The van der Waals surface area contributed by atoms with Crippen molar-refractivity contribution in [2.45, 2.75) is 6.42 Å². The number of carbonyl (C=O) groups is 1. The van der Waals surface area contributed by atoms with Crippen molar-refractivity contribution in [1.82, 2.24) is 0 Å². The van der Waals surface area contributed by atoms with Crippen LogP contribution in [0.25, 0.3) is 0 Å². The second-order valence-electron chi connectivity index (χ2n) is 4.42. The van der Waals surface area contributed by atoms with Crippen LogP contribution in [-0.2, 0) is 6.42 Å². The summed E-state index contributed by atoms with van der Waals surface area (Å²) in [5.41, 5.74) is 9.64. The van der Waals surface area contributed by atoms with Gasteiger partial charge in [-0.3, -0.25) is 4.79 Å². The second-order valence-corrected chi connectivity index (χ2v) is 4.86. The van der Waals surface area contributed by atoms with E-state index in [1.165, 1.54) is 0 Å². The van der Waals surface area contributed by atoms with Crippen LogP contribution in [0.1, 0.15) is 21.5 Å². The summed E-state index contributed by atoms with van der Waals surface area (Å²) in [5.74, 6) is -0.237. The molecule has 1 aliphatic rings. The molecule has 0 saturated heterocycles. The summed E-state index contributed by atoms with van der Waals surface area (Å²) >= 11 is 5.86. The number of nitrogens with two attached hydrogens (primary N) is 1. The molecule has 0 aliphatic carbocycles. The largest absolute Gasteiger partial charge is 0.398 e. The molecule has 0 spiro atoms.